The number of aromatic nitrogens is 4. The summed E-state index contributed by atoms with van der Waals surface area (Å²) in [6.07, 6.45) is -0.261. The van der Waals surface area contributed by atoms with Crippen LogP contribution in [-0.4, -0.2) is 44.8 Å². The van der Waals surface area contributed by atoms with E-state index in [1.54, 1.807) is 50.5 Å². The monoisotopic (exact) mass is 569 g/mol. The number of rotatable bonds is 7. The molecule has 0 atom stereocenters. The molecule has 1 N–H and O–H groups in total. The van der Waals surface area contributed by atoms with Gasteiger partial charge in [0.2, 0.25) is 0 Å². The van der Waals surface area contributed by atoms with Crippen molar-refractivity contribution in [2.24, 2.45) is 7.05 Å². The van der Waals surface area contributed by atoms with Crippen molar-refractivity contribution in [2.75, 3.05) is 19.0 Å². The van der Waals surface area contributed by atoms with Crippen LogP contribution in [0.4, 0.5) is 18.9 Å². The van der Waals surface area contributed by atoms with Gasteiger partial charge < -0.3 is 14.8 Å². The molecule has 40 heavy (non-hydrogen) atoms. The van der Waals surface area contributed by atoms with Gasteiger partial charge in [-0.3, -0.25) is 13.9 Å². The molecular formula is C27H22F3N5O4S. The highest BCUT2D eigenvalue weighted by Crippen LogP contribution is 2.43. The van der Waals surface area contributed by atoms with E-state index in [9.17, 15) is 22.8 Å². The summed E-state index contributed by atoms with van der Waals surface area (Å²) in [7, 11) is 3.10. The standard InChI is InChI=1S/C27H22F3N5O4S/c1-4-39-26(37)20-14-31-24-22(17(8-11-35(20)24)15-6-5-7-16(12-15)38-3)32-25(36)21-13-18(19-9-10-34(2)33-19)23(40-21)27(28,29)30/h5-14H,4H2,1-3H3,(H,32,36). The molecule has 1 aromatic carbocycles. The Labute approximate surface area is 229 Å². The molecule has 0 saturated carbocycles. The van der Waals surface area contributed by atoms with Crippen LogP contribution in [0.25, 0.3) is 28.0 Å². The first-order valence-corrected chi connectivity index (χ1v) is 12.8. The number of hydrogen-bond acceptors (Lipinski definition) is 7. The molecule has 0 aliphatic rings. The highest BCUT2D eigenvalue weighted by Gasteiger charge is 2.38. The number of imidazole rings is 1. The van der Waals surface area contributed by atoms with Crippen LogP contribution in [0.1, 0.15) is 32.0 Å². The van der Waals surface area contributed by atoms with Crippen molar-refractivity contribution in [3.63, 3.8) is 0 Å². The van der Waals surface area contributed by atoms with E-state index in [4.69, 9.17) is 9.47 Å². The van der Waals surface area contributed by atoms with Gasteiger partial charge in [0.05, 0.1) is 36.2 Å². The lowest BCUT2D eigenvalue weighted by atomic mass is 10.0. The van der Waals surface area contributed by atoms with Gasteiger partial charge in [-0.2, -0.15) is 18.3 Å². The molecule has 9 nitrogen and oxygen atoms in total. The number of alkyl halides is 3. The Bertz CT molecular complexity index is 1740. The lowest BCUT2D eigenvalue weighted by Crippen LogP contribution is -2.13. The minimum atomic E-state index is -4.69. The molecule has 4 aromatic heterocycles. The zero-order chi connectivity index (χ0) is 28.6. The topological polar surface area (TPSA) is 99.8 Å². The lowest BCUT2D eigenvalue weighted by Gasteiger charge is -2.14. The van der Waals surface area contributed by atoms with Gasteiger partial charge in [-0.1, -0.05) is 12.1 Å². The number of amides is 1. The van der Waals surface area contributed by atoms with E-state index in [1.807, 2.05) is 0 Å². The second kappa shape index (κ2) is 10.5. The quantitative estimate of drug-likeness (QED) is 0.244. The van der Waals surface area contributed by atoms with Gasteiger partial charge in [-0.25, -0.2) is 9.78 Å². The minimum Gasteiger partial charge on any atom is -0.497 e. The number of carbonyl (C=O) groups is 2. The number of nitrogens with zero attached hydrogens (tertiary/aromatic N) is 4. The van der Waals surface area contributed by atoms with Crippen molar-refractivity contribution < 1.29 is 32.2 Å². The van der Waals surface area contributed by atoms with Crippen molar-refractivity contribution in [1.29, 1.82) is 0 Å². The smallest absolute Gasteiger partial charge is 0.426 e. The van der Waals surface area contributed by atoms with Gasteiger partial charge >= 0.3 is 12.1 Å². The summed E-state index contributed by atoms with van der Waals surface area (Å²) >= 11 is 0.320. The number of nitrogens with one attached hydrogen (secondary N) is 1. The van der Waals surface area contributed by atoms with E-state index in [1.165, 1.54) is 40.7 Å². The Kier molecular flexibility index (Phi) is 7.06. The van der Waals surface area contributed by atoms with Gasteiger partial charge in [0.15, 0.2) is 11.3 Å². The van der Waals surface area contributed by atoms with Gasteiger partial charge in [-0.05, 0) is 42.8 Å². The largest absolute Gasteiger partial charge is 0.497 e. The Morgan fingerprint density at radius 3 is 2.58 bits per heavy atom. The fourth-order valence-electron chi connectivity index (χ4n) is 4.20. The number of carbonyl (C=O) groups excluding carboxylic acids is 2. The maximum atomic E-state index is 13.9. The lowest BCUT2D eigenvalue weighted by molar-refractivity contribution is -0.133. The molecule has 0 unspecified atom stereocenters. The molecule has 4 heterocycles. The maximum Gasteiger partial charge on any atom is 0.426 e. The molecule has 0 radical (unpaired) electrons. The molecular weight excluding hydrogens is 547 g/mol. The summed E-state index contributed by atoms with van der Waals surface area (Å²) in [6, 6.07) is 11.3. The molecule has 0 aliphatic heterocycles. The van der Waals surface area contributed by atoms with Crippen molar-refractivity contribution in [3.05, 3.63) is 76.5 Å². The van der Waals surface area contributed by atoms with Gasteiger partial charge in [0.1, 0.15) is 10.6 Å². The summed E-state index contributed by atoms with van der Waals surface area (Å²) in [5.74, 6) is -0.844. The molecule has 5 rings (SSSR count). The number of ether oxygens (including phenoxy) is 2. The van der Waals surface area contributed by atoms with Crippen molar-refractivity contribution >= 4 is 34.5 Å². The third-order valence-electron chi connectivity index (χ3n) is 5.99. The van der Waals surface area contributed by atoms with E-state index in [-0.39, 0.29) is 39.8 Å². The number of esters is 1. The SMILES string of the molecule is CCOC(=O)c1cnc2c(NC(=O)c3cc(-c4ccn(C)n4)c(C(F)(F)F)s3)c(-c3cccc(OC)c3)ccn12. The second-order valence-corrected chi connectivity index (χ2v) is 9.63. The first kappa shape index (κ1) is 26.9. The first-order valence-electron chi connectivity index (χ1n) is 11.9. The van der Waals surface area contributed by atoms with Crippen molar-refractivity contribution in [1.82, 2.24) is 19.2 Å². The van der Waals surface area contributed by atoms with E-state index >= 15 is 0 Å². The maximum absolute atomic E-state index is 13.9. The number of anilines is 1. The Morgan fingerprint density at radius 1 is 1.10 bits per heavy atom. The third kappa shape index (κ3) is 5.02. The summed E-state index contributed by atoms with van der Waals surface area (Å²) in [6.45, 7) is 1.82. The summed E-state index contributed by atoms with van der Waals surface area (Å²) in [4.78, 5) is 29.2. The Balaban J connectivity index is 1.63. The average molecular weight is 570 g/mol. The fraction of sp³-hybridized carbons (Fsp3) is 0.185. The summed E-state index contributed by atoms with van der Waals surface area (Å²) in [5.41, 5.74) is 1.58. The number of fused-ring (bicyclic) bond motifs is 1. The zero-order valence-corrected chi connectivity index (χ0v) is 22.3. The van der Waals surface area contributed by atoms with E-state index in [2.05, 4.69) is 15.4 Å². The predicted octanol–water partition coefficient (Wildman–Crippen LogP) is 5.92. The number of benzene rings is 1. The second-order valence-electron chi connectivity index (χ2n) is 8.57. The van der Waals surface area contributed by atoms with Crippen LogP contribution in [0.5, 0.6) is 5.75 Å². The number of methoxy groups -OCH3 is 1. The molecule has 0 saturated heterocycles. The Hall–Kier alpha value is -4.65. The number of pyridine rings is 1. The van der Waals surface area contributed by atoms with E-state index in [0.717, 1.165) is 0 Å². The van der Waals surface area contributed by atoms with Gasteiger partial charge in [-0.15, -0.1) is 11.3 Å². The fourth-order valence-corrected chi connectivity index (χ4v) is 5.13. The van der Waals surface area contributed by atoms with Crippen LogP contribution < -0.4 is 10.1 Å². The van der Waals surface area contributed by atoms with E-state index < -0.39 is 22.9 Å². The zero-order valence-electron chi connectivity index (χ0n) is 21.4. The van der Waals surface area contributed by atoms with Crippen LogP contribution in [0.3, 0.4) is 0 Å². The average Bonchev–Trinajstić information content (AvgIpc) is 3.67. The van der Waals surface area contributed by atoms with E-state index in [0.29, 0.717) is 28.2 Å². The van der Waals surface area contributed by atoms with Crippen LogP contribution in [0.2, 0.25) is 0 Å². The summed E-state index contributed by atoms with van der Waals surface area (Å²) < 4.78 is 55.0. The first-order chi connectivity index (χ1) is 19.1. The van der Waals surface area contributed by atoms with Crippen LogP contribution in [0.15, 0.2) is 61.1 Å². The Morgan fingerprint density at radius 2 is 1.90 bits per heavy atom. The molecule has 1 amide bonds. The molecule has 0 bridgehead atoms. The molecule has 0 spiro atoms. The van der Waals surface area contributed by atoms with Crippen LogP contribution in [-0.2, 0) is 18.0 Å². The number of aryl methyl sites for hydroxylation is 1. The third-order valence-corrected chi connectivity index (χ3v) is 7.17. The molecule has 13 heteroatoms. The van der Waals surface area contributed by atoms with Gasteiger partial charge in [0, 0.05) is 30.6 Å². The van der Waals surface area contributed by atoms with Crippen molar-refractivity contribution in [3.8, 4) is 28.1 Å². The molecule has 206 valence electrons. The highest BCUT2D eigenvalue weighted by molar-refractivity contribution is 7.14. The van der Waals surface area contributed by atoms with Gasteiger partial charge in [0.25, 0.3) is 5.91 Å². The van der Waals surface area contributed by atoms with Crippen LogP contribution in [0, 0.1) is 0 Å². The minimum absolute atomic E-state index is 0.0941. The van der Waals surface area contributed by atoms with Crippen LogP contribution >= 0.6 is 11.3 Å². The normalized spacial score (nSPS) is 11.6. The molecule has 0 fully saturated rings. The van der Waals surface area contributed by atoms with Crippen molar-refractivity contribution in [2.45, 2.75) is 13.1 Å². The number of hydrogen-bond donors (Lipinski definition) is 1. The molecule has 5 aromatic rings. The summed E-state index contributed by atoms with van der Waals surface area (Å²) in [5, 5.41) is 6.82. The highest BCUT2D eigenvalue weighted by atomic mass is 32.1. The predicted molar refractivity (Wildman–Crippen MR) is 143 cm³/mol. The molecule has 0 aliphatic carbocycles. The number of halogens is 3. The number of thiophene rings is 1.